The first-order valence-corrected chi connectivity index (χ1v) is 6.92. The second kappa shape index (κ2) is 5.47. The van der Waals surface area contributed by atoms with E-state index in [1.165, 1.54) is 11.1 Å². The second-order valence-electron chi connectivity index (χ2n) is 5.39. The first kappa shape index (κ1) is 13.7. The average Bonchev–Trinajstić information content (AvgIpc) is 2.73. The third-order valence-corrected chi connectivity index (χ3v) is 3.43. The molecule has 0 spiro atoms. The van der Waals surface area contributed by atoms with Crippen molar-refractivity contribution in [3.8, 4) is 0 Å². The summed E-state index contributed by atoms with van der Waals surface area (Å²) in [6.45, 7) is 8.30. The first-order valence-electron chi connectivity index (χ1n) is 6.92. The number of H-pyrrole nitrogens is 1. The predicted octanol–water partition coefficient (Wildman–Crippen LogP) is 3.70. The van der Waals surface area contributed by atoms with E-state index in [0.29, 0.717) is 5.69 Å². The lowest BCUT2D eigenvalue weighted by molar-refractivity contribution is 0.0934. The van der Waals surface area contributed by atoms with Gasteiger partial charge in [0.25, 0.3) is 5.91 Å². The zero-order valence-electron chi connectivity index (χ0n) is 12.1. The van der Waals surface area contributed by atoms with E-state index in [1.807, 2.05) is 13.0 Å². The topological polar surface area (TPSA) is 44.9 Å². The Bertz CT molecular complexity index is 598. The Labute approximate surface area is 114 Å². The molecular formula is C16H22N2O. The number of amides is 1. The highest BCUT2D eigenvalue weighted by atomic mass is 16.1. The molecule has 0 saturated carbocycles. The van der Waals surface area contributed by atoms with E-state index in [4.69, 9.17) is 0 Å². The van der Waals surface area contributed by atoms with Crippen LogP contribution in [0.5, 0.6) is 0 Å². The summed E-state index contributed by atoms with van der Waals surface area (Å²) in [4.78, 5) is 15.4. The third-order valence-electron chi connectivity index (χ3n) is 3.43. The molecular weight excluding hydrogens is 236 g/mol. The van der Waals surface area contributed by atoms with Gasteiger partial charge in [0.05, 0.1) is 0 Å². The van der Waals surface area contributed by atoms with Crippen molar-refractivity contribution in [2.24, 2.45) is 0 Å². The largest absolute Gasteiger partial charge is 0.351 e. The van der Waals surface area contributed by atoms with E-state index >= 15 is 0 Å². The maximum atomic E-state index is 12.2. The van der Waals surface area contributed by atoms with Crippen LogP contribution in [0.15, 0.2) is 18.2 Å². The minimum atomic E-state index is -0.0193. The van der Waals surface area contributed by atoms with Crippen molar-refractivity contribution >= 4 is 16.8 Å². The van der Waals surface area contributed by atoms with Crippen LogP contribution in [-0.2, 0) is 0 Å². The average molecular weight is 258 g/mol. The molecule has 0 radical (unpaired) electrons. The summed E-state index contributed by atoms with van der Waals surface area (Å²) < 4.78 is 0. The van der Waals surface area contributed by atoms with Crippen LogP contribution in [0.2, 0.25) is 0 Å². The molecule has 1 aromatic carbocycles. The van der Waals surface area contributed by atoms with Crippen molar-refractivity contribution in [2.75, 3.05) is 0 Å². The molecule has 0 aliphatic carbocycles. The minimum Gasteiger partial charge on any atom is -0.351 e. The lowest BCUT2D eigenvalue weighted by Gasteiger charge is -2.11. The highest BCUT2D eigenvalue weighted by Crippen LogP contribution is 2.21. The van der Waals surface area contributed by atoms with Crippen LogP contribution in [0.4, 0.5) is 0 Å². The van der Waals surface area contributed by atoms with Crippen molar-refractivity contribution in [3.05, 3.63) is 35.0 Å². The fraction of sp³-hybridized carbons (Fsp3) is 0.438. The number of nitrogens with one attached hydrogen (secondary N) is 2. The fourth-order valence-electron chi connectivity index (χ4n) is 2.53. The smallest absolute Gasteiger partial charge is 0.267 e. The molecule has 2 aromatic rings. The number of carbonyl (C=O) groups excluding carboxylic acids is 1. The number of carbonyl (C=O) groups is 1. The summed E-state index contributed by atoms with van der Waals surface area (Å²) >= 11 is 0. The molecule has 3 nitrogen and oxygen atoms in total. The quantitative estimate of drug-likeness (QED) is 0.863. The summed E-state index contributed by atoms with van der Waals surface area (Å²) in [5, 5.41) is 4.15. The molecule has 0 fully saturated rings. The molecule has 0 aliphatic heterocycles. The predicted molar refractivity (Wildman–Crippen MR) is 79.6 cm³/mol. The van der Waals surface area contributed by atoms with Crippen LogP contribution in [-0.4, -0.2) is 16.9 Å². The maximum absolute atomic E-state index is 12.2. The Kier molecular flexibility index (Phi) is 3.93. The van der Waals surface area contributed by atoms with E-state index in [9.17, 15) is 4.79 Å². The molecule has 3 heteroatoms. The Hall–Kier alpha value is -1.77. The van der Waals surface area contributed by atoms with Gasteiger partial charge < -0.3 is 10.3 Å². The molecule has 0 bridgehead atoms. The lowest BCUT2D eigenvalue weighted by atomic mass is 10.1. The fourth-order valence-corrected chi connectivity index (χ4v) is 2.53. The van der Waals surface area contributed by atoms with Gasteiger partial charge in [0, 0.05) is 16.9 Å². The molecule has 2 N–H and O–H groups in total. The van der Waals surface area contributed by atoms with Gasteiger partial charge in [0.2, 0.25) is 0 Å². The van der Waals surface area contributed by atoms with Crippen LogP contribution in [0.3, 0.4) is 0 Å². The van der Waals surface area contributed by atoms with Gasteiger partial charge in [-0.2, -0.15) is 0 Å². The number of aryl methyl sites for hydroxylation is 2. The Balaban J connectivity index is 2.26. The summed E-state index contributed by atoms with van der Waals surface area (Å²) in [6, 6.07) is 6.37. The molecule has 0 saturated heterocycles. The van der Waals surface area contributed by atoms with Crippen molar-refractivity contribution < 1.29 is 4.79 Å². The molecule has 1 heterocycles. The van der Waals surface area contributed by atoms with Crippen LogP contribution in [0, 0.1) is 13.8 Å². The zero-order chi connectivity index (χ0) is 14.0. The number of aromatic nitrogens is 1. The molecule has 2 rings (SSSR count). The molecule has 1 amide bonds. The summed E-state index contributed by atoms with van der Waals surface area (Å²) in [5.41, 5.74) is 4.09. The Morgan fingerprint density at radius 3 is 2.74 bits per heavy atom. The third kappa shape index (κ3) is 2.98. The van der Waals surface area contributed by atoms with E-state index in [-0.39, 0.29) is 11.9 Å². The van der Waals surface area contributed by atoms with Gasteiger partial charge in [0.15, 0.2) is 0 Å². The molecule has 1 atom stereocenters. The zero-order valence-corrected chi connectivity index (χ0v) is 12.1. The first-order chi connectivity index (χ1) is 9.01. The summed E-state index contributed by atoms with van der Waals surface area (Å²) in [5.74, 6) is -0.0193. The Morgan fingerprint density at radius 2 is 2.05 bits per heavy atom. The van der Waals surface area contributed by atoms with Gasteiger partial charge in [-0.25, -0.2) is 0 Å². The normalized spacial score (nSPS) is 12.6. The minimum absolute atomic E-state index is 0.0193. The monoisotopic (exact) mass is 258 g/mol. The van der Waals surface area contributed by atoms with Crippen LogP contribution >= 0.6 is 0 Å². The molecule has 19 heavy (non-hydrogen) atoms. The highest BCUT2D eigenvalue weighted by molar-refractivity contribution is 5.99. The molecule has 1 aromatic heterocycles. The molecule has 0 aliphatic rings. The van der Waals surface area contributed by atoms with Crippen molar-refractivity contribution in [2.45, 2.75) is 46.6 Å². The number of hydrogen-bond donors (Lipinski definition) is 2. The van der Waals surface area contributed by atoms with E-state index in [1.54, 1.807) is 0 Å². The molecule has 102 valence electrons. The molecule has 0 unspecified atom stereocenters. The van der Waals surface area contributed by atoms with Gasteiger partial charge in [-0.3, -0.25) is 4.79 Å². The summed E-state index contributed by atoms with van der Waals surface area (Å²) in [6.07, 6.45) is 2.08. The van der Waals surface area contributed by atoms with Gasteiger partial charge in [-0.15, -0.1) is 0 Å². The Morgan fingerprint density at radius 1 is 1.32 bits per heavy atom. The van der Waals surface area contributed by atoms with Crippen LogP contribution < -0.4 is 5.32 Å². The van der Waals surface area contributed by atoms with Crippen molar-refractivity contribution in [1.29, 1.82) is 0 Å². The van der Waals surface area contributed by atoms with Gasteiger partial charge in [-0.1, -0.05) is 19.4 Å². The SMILES string of the molecule is CCC[C@@H](C)NC(=O)c1cc2c(C)cc(C)cc2[nH]1. The van der Waals surface area contributed by atoms with Crippen molar-refractivity contribution in [1.82, 2.24) is 10.3 Å². The number of aromatic amines is 1. The number of fused-ring (bicyclic) bond motifs is 1. The number of hydrogen-bond acceptors (Lipinski definition) is 1. The standard InChI is InChI=1S/C16H22N2O/c1-5-6-12(4)17-16(19)15-9-13-11(3)7-10(2)8-14(13)18-15/h7-9,12,18H,5-6H2,1-4H3,(H,17,19)/t12-/m1/s1. The van der Waals surface area contributed by atoms with E-state index in [0.717, 1.165) is 23.7 Å². The van der Waals surface area contributed by atoms with Crippen LogP contribution in [0.1, 0.15) is 48.3 Å². The number of benzene rings is 1. The number of rotatable bonds is 4. The highest BCUT2D eigenvalue weighted by Gasteiger charge is 2.13. The van der Waals surface area contributed by atoms with Gasteiger partial charge in [0.1, 0.15) is 5.69 Å². The van der Waals surface area contributed by atoms with Crippen LogP contribution in [0.25, 0.3) is 10.9 Å². The summed E-state index contributed by atoms with van der Waals surface area (Å²) in [7, 11) is 0. The van der Waals surface area contributed by atoms with Gasteiger partial charge in [-0.05, 0) is 50.5 Å². The van der Waals surface area contributed by atoms with E-state index in [2.05, 4.69) is 43.2 Å². The lowest BCUT2D eigenvalue weighted by Crippen LogP contribution is -2.32. The second-order valence-corrected chi connectivity index (χ2v) is 5.39. The van der Waals surface area contributed by atoms with Crippen molar-refractivity contribution in [3.63, 3.8) is 0 Å². The van der Waals surface area contributed by atoms with Gasteiger partial charge >= 0.3 is 0 Å². The van der Waals surface area contributed by atoms with E-state index < -0.39 is 0 Å². The maximum Gasteiger partial charge on any atom is 0.267 e.